The number of carbonyl (C=O) groups is 1. The molecule has 0 bridgehead atoms. The second-order valence-corrected chi connectivity index (χ2v) is 4.66. The highest BCUT2D eigenvalue weighted by Crippen LogP contribution is 2.23. The maximum absolute atomic E-state index is 11.0. The topological polar surface area (TPSA) is 22.0 Å². The summed E-state index contributed by atoms with van der Waals surface area (Å²) < 4.78 is 2.18. The molecule has 0 saturated carbocycles. The lowest BCUT2D eigenvalue weighted by atomic mass is 10.1. The molecule has 2 nitrogen and oxygen atoms in total. The van der Waals surface area contributed by atoms with E-state index >= 15 is 0 Å². The molecule has 0 spiro atoms. The highest BCUT2D eigenvalue weighted by atomic mass is 16.1. The van der Waals surface area contributed by atoms with Gasteiger partial charge in [0.25, 0.3) is 0 Å². The number of nitrogens with zero attached hydrogens (tertiary/aromatic N) is 1. The van der Waals surface area contributed by atoms with Crippen molar-refractivity contribution in [1.82, 2.24) is 4.57 Å². The number of hydrogen-bond acceptors (Lipinski definition) is 1. The Morgan fingerprint density at radius 2 is 1.94 bits per heavy atom. The maximum atomic E-state index is 11.0. The van der Waals surface area contributed by atoms with Crippen LogP contribution >= 0.6 is 0 Å². The Kier molecular flexibility index (Phi) is 3.66. The standard InChI is InChI=1S/C16H19NO/c1-4-7-14-8-5-6-9-16(14)17-12(2)10-15(11-18)13(17)3/h5-6,8-11H,4,7H2,1-3H3. The third-order valence-electron chi connectivity index (χ3n) is 3.35. The minimum Gasteiger partial charge on any atom is -0.318 e. The first-order valence-corrected chi connectivity index (χ1v) is 6.41. The molecule has 1 aromatic carbocycles. The third kappa shape index (κ3) is 2.10. The molecule has 18 heavy (non-hydrogen) atoms. The van der Waals surface area contributed by atoms with Crippen LogP contribution < -0.4 is 0 Å². The van der Waals surface area contributed by atoms with Gasteiger partial charge in [-0.3, -0.25) is 4.79 Å². The Hall–Kier alpha value is -1.83. The van der Waals surface area contributed by atoms with Gasteiger partial charge in [0.15, 0.2) is 6.29 Å². The van der Waals surface area contributed by atoms with E-state index in [-0.39, 0.29) is 0 Å². The number of benzene rings is 1. The van der Waals surface area contributed by atoms with E-state index in [4.69, 9.17) is 0 Å². The van der Waals surface area contributed by atoms with E-state index in [2.05, 4.69) is 29.7 Å². The molecule has 1 aromatic heterocycles. The molecule has 0 radical (unpaired) electrons. The number of aryl methyl sites for hydroxylation is 2. The van der Waals surface area contributed by atoms with E-state index in [0.717, 1.165) is 36.1 Å². The molecule has 94 valence electrons. The second-order valence-electron chi connectivity index (χ2n) is 4.66. The van der Waals surface area contributed by atoms with Gasteiger partial charge in [-0.2, -0.15) is 0 Å². The summed E-state index contributed by atoms with van der Waals surface area (Å²) in [5.74, 6) is 0. The molecule has 0 saturated heterocycles. The first kappa shape index (κ1) is 12.6. The van der Waals surface area contributed by atoms with Gasteiger partial charge in [-0.25, -0.2) is 0 Å². The SMILES string of the molecule is CCCc1ccccc1-n1c(C)cc(C=O)c1C. The average Bonchev–Trinajstić information content (AvgIpc) is 2.66. The molecule has 0 N–H and O–H groups in total. The number of aromatic nitrogens is 1. The van der Waals surface area contributed by atoms with Crippen molar-refractivity contribution < 1.29 is 4.79 Å². The van der Waals surface area contributed by atoms with Crippen molar-refractivity contribution in [3.8, 4) is 5.69 Å². The van der Waals surface area contributed by atoms with Crippen LogP contribution in [-0.2, 0) is 6.42 Å². The molecule has 2 heteroatoms. The van der Waals surface area contributed by atoms with Crippen molar-refractivity contribution in [2.75, 3.05) is 0 Å². The number of aldehydes is 1. The Labute approximate surface area is 108 Å². The summed E-state index contributed by atoms with van der Waals surface area (Å²) in [5.41, 5.74) is 5.43. The Morgan fingerprint density at radius 3 is 2.56 bits per heavy atom. The third-order valence-corrected chi connectivity index (χ3v) is 3.35. The van der Waals surface area contributed by atoms with Gasteiger partial charge in [0.05, 0.1) is 0 Å². The largest absolute Gasteiger partial charge is 0.318 e. The molecule has 0 aliphatic rings. The van der Waals surface area contributed by atoms with Crippen molar-refractivity contribution in [2.45, 2.75) is 33.6 Å². The van der Waals surface area contributed by atoms with Gasteiger partial charge in [0, 0.05) is 22.6 Å². The van der Waals surface area contributed by atoms with E-state index in [1.807, 2.05) is 26.0 Å². The second kappa shape index (κ2) is 5.21. The first-order valence-electron chi connectivity index (χ1n) is 6.41. The van der Waals surface area contributed by atoms with Crippen molar-refractivity contribution in [2.24, 2.45) is 0 Å². The lowest BCUT2D eigenvalue weighted by Gasteiger charge is -2.14. The molecular formula is C16H19NO. The van der Waals surface area contributed by atoms with Crippen LogP contribution in [0.1, 0.15) is 40.7 Å². The minimum atomic E-state index is 0.777. The quantitative estimate of drug-likeness (QED) is 0.745. The average molecular weight is 241 g/mol. The molecule has 2 aromatic rings. The van der Waals surface area contributed by atoms with Crippen molar-refractivity contribution >= 4 is 6.29 Å². The molecular weight excluding hydrogens is 222 g/mol. The zero-order valence-corrected chi connectivity index (χ0v) is 11.2. The van der Waals surface area contributed by atoms with Crippen LogP contribution in [-0.4, -0.2) is 10.9 Å². The van der Waals surface area contributed by atoms with E-state index in [1.165, 1.54) is 11.3 Å². The molecule has 0 fully saturated rings. The van der Waals surface area contributed by atoms with Crippen molar-refractivity contribution in [3.05, 3.63) is 52.8 Å². The summed E-state index contributed by atoms with van der Waals surface area (Å²) in [5, 5.41) is 0. The lowest BCUT2D eigenvalue weighted by molar-refractivity contribution is 0.112. The fraction of sp³-hybridized carbons (Fsp3) is 0.312. The van der Waals surface area contributed by atoms with Gasteiger partial charge in [-0.15, -0.1) is 0 Å². The highest BCUT2D eigenvalue weighted by Gasteiger charge is 2.12. The monoisotopic (exact) mass is 241 g/mol. The first-order chi connectivity index (χ1) is 8.69. The van der Waals surface area contributed by atoms with Crippen LogP contribution in [0.15, 0.2) is 30.3 Å². The van der Waals surface area contributed by atoms with Crippen LogP contribution in [0.4, 0.5) is 0 Å². The predicted molar refractivity (Wildman–Crippen MR) is 74.6 cm³/mol. The van der Waals surface area contributed by atoms with E-state index in [1.54, 1.807) is 0 Å². The van der Waals surface area contributed by atoms with E-state index in [9.17, 15) is 4.79 Å². The summed E-state index contributed by atoms with van der Waals surface area (Å²) in [4.78, 5) is 11.0. The summed E-state index contributed by atoms with van der Waals surface area (Å²) in [6, 6.07) is 10.4. The number of rotatable bonds is 4. The predicted octanol–water partition coefficient (Wildman–Crippen LogP) is 3.86. The summed E-state index contributed by atoms with van der Waals surface area (Å²) in [6.45, 7) is 6.23. The molecule has 0 atom stereocenters. The molecule has 0 unspecified atom stereocenters. The van der Waals surface area contributed by atoms with Gasteiger partial charge in [0.1, 0.15) is 0 Å². The summed E-state index contributed by atoms with van der Waals surface area (Å²) >= 11 is 0. The van der Waals surface area contributed by atoms with Crippen LogP contribution in [0.2, 0.25) is 0 Å². The van der Waals surface area contributed by atoms with Crippen molar-refractivity contribution in [1.29, 1.82) is 0 Å². The highest BCUT2D eigenvalue weighted by molar-refractivity contribution is 5.77. The van der Waals surface area contributed by atoms with Crippen molar-refractivity contribution in [3.63, 3.8) is 0 Å². The van der Waals surface area contributed by atoms with E-state index < -0.39 is 0 Å². The van der Waals surface area contributed by atoms with Gasteiger partial charge in [-0.05, 0) is 38.0 Å². The molecule has 0 amide bonds. The van der Waals surface area contributed by atoms with E-state index in [0.29, 0.717) is 0 Å². The number of carbonyl (C=O) groups excluding carboxylic acids is 1. The fourth-order valence-electron chi connectivity index (χ4n) is 2.49. The maximum Gasteiger partial charge on any atom is 0.151 e. The Bertz CT molecular complexity index is 566. The van der Waals surface area contributed by atoms with Crippen LogP contribution in [0.3, 0.4) is 0 Å². The molecule has 1 heterocycles. The molecule has 0 aliphatic carbocycles. The normalized spacial score (nSPS) is 10.6. The smallest absolute Gasteiger partial charge is 0.151 e. The van der Waals surface area contributed by atoms with Crippen LogP contribution in [0, 0.1) is 13.8 Å². The zero-order valence-electron chi connectivity index (χ0n) is 11.2. The Balaban J connectivity index is 2.61. The zero-order chi connectivity index (χ0) is 13.1. The summed E-state index contributed by atoms with van der Waals surface area (Å²) in [6.07, 6.45) is 3.11. The molecule has 2 rings (SSSR count). The van der Waals surface area contributed by atoms with Gasteiger partial charge >= 0.3 is 0 Å². The van der Waals surface area contributed by atoms with Crippen LogP contribution in [0.5, 0.6) is 0 Å². The van der Waals surface area contributed by atoms with Crippen LogP contribution in [0.25, 0.3) is 5.69 Å². The van der Waals surface area contributed by atoms with Gasteiger partial charge < -0.3 is 4.57 Å². The molecule has 0 aliphatic heterocycles. The van der Waals surface area contributed by atoms with Gasteiger partial charge in [0.2, 0.25) is 0 Å². The Morgan fingerprint density at radius 1 is 1.22 bits per heavy atom. The number of para-hydroxylation sites is 1. The van der Waals surface area contributed by atoms with Gasteiger partial charge in [-0.1, -0.05) is 31.5 Å². The fourth-order valence-corrected chi connectivity index (χ4v) is 2.49. The minimum absolute atomic E-state index is 0.777. The lowest BCUT2D eigenvalue weighted by Crippen LogP contribution is -2.03. The summed E-state index contributed by atoms with van der Waals surface area (Å²) in [7, 11) is 0. The number of hydrogen-bond donors (Lipinski definition) is 0.